The van der Waals surface area contributed by atoms with Gasteiger partial charge in [0.25, 0.3) is 0 Å². The summed E-state index contributed by atoms with van der Waals surface area (Å²) in [6.45, 7) is 2.48. The van der Waals surface area contributed by atoms with Gasteiger partial charge in [-0.05, 0) is 48.2 Å². The number of esters is 1. The smallest absolute Gasteiger partial charge is 0.333 e. The lowest BCUT2D eigenvalue weighted by Gasteiger charge is -2.59. The molecule has 0 amide bonds. The van der Waals surface area contributed by atoms with Crippen molar-refractivity contribution >= 4 is 22.7 Å². The first-order valence-electron chi connectivity index (χ1n) is 15.4. The van der Waals surface area contributed by atoms with Crippen molar-refractivity contribution < 1.29 is 23.7 Å². The van der Waals surface area contributed by atoms with Crippen LogP contribution in [0.25, 0.3) is 16.7 Å². The third kappa shape index (κ3) is 5.83. The molecule has 1 aliphatic heterocycles. The molecule has 0 atom stereocenters. The zero-order valence-corrected chi connectivity index (χ0v) is 25.9. The first-order chi connectivity index (χ1) is 22.4. The van der Waals surface area contributed by atoms with Crippen LogP contribution in [0.5, 0.6) is 11.8 Å². The van der Waals surface area contributed by atoms with Crippen LogP contribution in [0.1, 0.15) is 24.0 Å². The van der Waals surface area contributed by atoms with Gasteiger partial charge in [-0.25, -0.2) is 9.59 Å². The van der Waals surface area contributed by atoms with Gasteiger partial charge in [0.2, 0.25) is 11.8 Å². The summed E-state index contributed by atoms with van der Waals surface area (Å²) in [4.78, 5) is 32.2. The molecule has 5 aromatic rings. The highest BCUT2D eigenvalue weighted by Crippen LogP contribution is 2.51. The van der Waals surface area contributed by atoms with Crippen molar-refractivity contribution in [3.63, 3.8) is 0 Å². The second-order valence-electron chi connectivity index (χ2n) is 12.1. The molecule has 1 saturated heterocycles. The Bertz CT molecular complexity index is 1910. The average molecular weight is 621 g/mol. The van der Waals surface area contributed by atoms with Crippen molar-refractivity contribution in [3.8, 4) is 17.4 Å². The minimum Gasteiger partial charge on any atom is -0.473 e. The number of aryl methyl sites for hydroxylation is 1. The maximum atomic E-state index is 13.8. The molecule has 3 heterocycles. The molecule has 3 aromatic carbocycles. The molecule has 2 fully saturated rings. The SMILES string of the molecule is COC(=O)COC1CC2(C1)CN(c1ccc3c(c1)n(C)c(=O)n3-c1ccc(OCc3ccccc3)nc1OCc1ccccc1)C2. The Hall–Kier alpha value is -5.09. The van der Waals surface area contributed by atoms with Gasteiger partial charge in [0.1, 0.15) is 25.5 Å². The van der Waals surface area contributed by atoms with Crippen LogP contribution in [0.15, 0.2) is 95.8 Å². The van der Waals surface area contributed by atoms with Gasteiger partial charge in [0.05, 0.1) is 24.2 Å². The van der Waals surface area contributed by atoms with E-state index in [0.717, 1.165) is 53.8 Å². The summed E-state index contributed by atoms with van der Waals surface area (Å²) in [6, 6.07) is 29.5. The minimum absolute atomic E-state index is 0.000610. The van der Waals surface area contributed by atoms with Crippen molar-refractivity contribution in [1.82, 2.24) is 14.1 Å². The number of aromatic nitrogens is 3. The molecule has 2 aromatic heterocycles. The van der Waals surface area contributed by atoms with E-state index in [0.29, 0.717) is 24.1 Å². The summed E-state index contributed by atoms with van der Waals surface area (Å²) in [5.41, 5.74) is 5.22. The summed E-state index contributed by atoms with van der Waals surface area (Å²) in [5, 5.41) is 0. The lowest BCUT2D eigenvalue weighted by Crippen LogP contribution is -2.64. The average Bonchev–Trinajstić information content (AvgIpc) is 3.30. The van der Waals surface area contributed by atoms with E-state index in [2.05, 4.69) is 21.8 Å². The summed E-state index contributed by atoms with van der Waals surface area (Å²) in [6.07, 6.45) is 1.96. The number of anilines is 1. The van der Waals surface area contributed by atoms with Crippen LogP contribution in [0, 0.1) is 5.41 Å². The van der Waals surface area contributed by atoms with E-state index in [4.69, 9.17) is 19.2 Å². The Balaban J connectivity index is 1.13. The van der Waals surface area contributed by atoms with E-state index in [9.17, 15) is 9.59 Å². The number of imidazole rings is 1. The molecule has 0 unspecified atom stereocenters. The van der Waals surface area contributed by atoms with Crippen molar-refractivity contribution in [2.75, 3.05) is 31.7 Å². The number of carbonyl (C=O) groups is 1. The molecular formula is C36H36N4O6. The van der Waals surface area contributed by atoms with Gasteiger partial charge in [-0.15, -0.1) is 0 Å². The molecule has 1 saturated carbocycles. The van der Waals surface area contributed by atoms with Gasteiger partial charge >= 0.3 is 11.7 Å². The van der Waals surface area contributed by atoms with Gasteiger partial charge in [0, 0.05) is 37.3 Å². The Morgan fingerprint density at radius 3 is 2.22 bits per heavy atom. The Labute approximate surface area is 266 Å². The number of methoxy groups -OCH3 is 1. The molecule has 236 valence electrons. The van der Waals surface area contributed by atoms with Crippen LogP contribution in [-0.4, -0.2) is 53.0 Å². The molecule has 10 nitrogen and oxygen atoms in total. The van der Waals surface area contributed by atoms with Gasteiger partial charge < -0.3 is 23.8 Å². The molecule has 1 spiro atoms. The van der Waals surface area contributed by atoms with Crippen molar-refractivity contribution in [2.45, 2.75) is 32.2 Å². The molecule has 46 heavy (non-hydrogen) atoms. The van der Waals surface area contributed by atoms with Crippen molar-refractivity contribution in [3.05, 3.63) is 113 Å². The Morgan fingerprint density at radius 2 is 1.54 bits per heavy atom. The standard InChI is InChI=1S/C36H36N4O6/c1-38-31-17-27(39-23-36(24-39)18-28(19-36)44-22-33(41)43-2)13-14-29(31)40(35(38)42)30-15-16-32(45-20-25-9-5-3-6-10-25)37-34(30)46-21-26-11-7-4-8-12-26/h3-17,28H,18-24H2,1-2H3. The predicted octanol–water partition coefficient (Wildman–Crippen LogP) is 5.04. The summed E-state index contributed by atoms with van der Waals surface area (Å²) >= 11 is 0. The molecule has 0 N–H and O–H groups in total. The molecule has 0 radical (unpaired) electrons. The maximum absolute atomic E-state index is 13.8. The van der Waals surface area contributed by atoms with E-state index in [1.807, 2.05) is 72.8 Å². The lowest BCUT2D eigenvalue weighted by atomic mass is 9.61. The Morgan fingerprint density at radius 1 is 0.870 bits per heavy atom. The van der Waals surface area contributed by atoms with E-state index in [-0.39, 0.29) is 36.4 Å². The van der Waals surface area contributed by atoms with Crippen LogP contribution >= 0.6 is 0 Å². The number of pyridine rings is 1. The highest BCUT2D eigenvalue weighted by Gasteiger charge is 2.53. The van der Waals surface area contributed by atoms with Crippen LogP contribution in [0.2, 0.25) is 0 Å². The first-order valence-corrected chi connectivity index (χ1v) is 15.4. The number of fused-ring (bicyclic) bond motifs is 1. The minimum atomic E-state index is -0.347. The number of ether oxygens (including phenoxy) is 4. The first kappa shape index (κ1) is 29.6. The number of rotatable bonds is 11. The molecule has 10 heteroatoms. The maximum Gasteiger partial charge on any atom is 0.333 e. The fraction of sp³-hybridized carbons (Fsp3) is 0.306. The fourth-order valence-electron chi connectivity index (χ4n) is 6.46. The van der Waals surface area contributed by atoms with Gasteiger partial charge in [-0.3, -0.25) is 9.13 Å². The van der Waals surface area contributed by atoms with Crippen LogP contribution in [-0.2, 0) is 34.5 Å². The van der Waals surface area contributed by atoms with E-state index in [1.54, 1.807) is 22.2 Å². The lowest BCUT2D eigenvalue weighted by molar-refractivity contribution is -0.156. The zero-order valence-electron chi connectivity index (χ0n) is 25.9. The highest BCUT2D eigenvalue weighted by molar-refractivity contribution is 5.83. The second kappa shape index (κ2) is 12.4. The van der Waals surface area contributed by atoms with E-state index in [1.165, 1.54) is 7.11 Å². The molecule has 0 bridgehead atoms. The number of carbonyl (C=O) groups excluding carboxylic acids is 1. The second-order valence-corrected chi connectivity index (χ2v) is 12.1. The third-order valence-corrected chi connectivity index (χ3v) is 8.95. The van der Waals surface area contributed by atoms with Gasteiger partial charge in [-0.2, -0.15) is 4.98 Å². The number of hydrogen-bond donors (Lipinski definition) is 0. The van der Waals surface area contributed by atoms with E-state index >= 15 is 0 Å². The largest absolute Gasteiger partial charge is 0.473 e. The quantitative estimate of drug-likeness (QED) is 0.190. The topological polar surface area (TPSA) is 97.1 Å². The number of nitrogens with zero attached hydrogens (tertiary/aromatic N) is 4. The molecule has 7 rings (SSSR count). The third-order valence-electron chi connectivity index (χ3n) is 8.95. The van der Waals surface area contributed by atoms with Crippen molar-refractivity contribution in [2.24, 2.45) is 12.5 Å². The van der Waals surface area contributed by atoms with Crippen molar-refractivity contribution in [1.29, 1.82) is 0 Å². The van der Waals surface area contributed by atoms with Gasteiger partial charge in [-0.1, -0.05) is 60.7 Å². The monoisotopic (exact) mass is 620 g/mol. The summed E-state index contributed by atoms with van der Waals surface area (Å²) < 4.78 is 25.9. The highest BCUT2D eigenvalue weighted by atomic mass is 16.6. The van der Waals surface area contributed by atoms with Gasteiger partial charge in [0.15, 0.2) is 0 Å². The predicted molar refractivity (Wildman–Crippen MR) is 173 cm³/mol. The summed E-state index contributed by atoms with van der Waals surface area (Å²) in [7, 11) is 3.15. The summed E-state index contributed by atoms with van der Waals surface area (Å²) in [5.74, 6) is 0.374. The van der Waals surface area contributed by atoms with Crippen LogP contribution in [0.4, 0.5) is 5.69 Å². The van der Waals surface area contributed by atoms with Crippen LogP contribution < -0.4 is 20.1 Å². The zero-order chi connectivity index (χ0) is 31.7. The number of hydrogen-bond acceptors (Lipinski definition) is 8. The molecular weight excluding hydrogens is 584 g/mol. The van der Waals surface area contributed by atoms with Crippen LogP contribution in [0.3, 0.4) is 0 Å². The molecule has 2 aliphatic rings. The fourth-order valence-corrected chi connectivity index (χ4v) is 6.46. The number of benzene rings is 3. The normalized spacial score (nSPS) is 15.4. The molecule has 1 aliphatic carbocycles. The Kier molecular flexibility index (Phi) is 7.96. The van der Waals surface area contributed by atoms with E-state index < -0.39 is 0 Å².